The predicted molar refractivity (Wildman–Crippen MR) is 99.2 cm³/mol. The minimum atomic E-state index is -5.67. The van der Waals surface area contributed by atoms with Crippen molar-refractivity contribution in [2.24, 2.45) is 0 Å². The summed E-state index contributed by atoms with van der Waals surface area (Å²) >= 11 is 0. The molecule has 0 aromatic heterocycles. The van der Waals surface area contributed by atoms with Gasteiger partial charge in [0.25, 0.3) is 0 Å². The zero-order chi connectivity index (χ0) is 20.2. The van der Waals surface area contributed by atoms with Crippen LogP contribution in [-0.2, 0) is 10.6 Å². The van der Waals surface area contributed by atoms with Crippen LogP contribution in [0.15, 0.2) is 36.4 Å². The molecule has 0 bridgehead atoms. The fraction of sp³-hybridized carbons (Fsp3) is 0.222. The van der Waals surface area contributed by atoms with Gasteiger partial charge < -0.3 is 10.6 Å². The quantitative estimate of drug-likeness (QED) is 0.656. The van der Waals surface area contributed by atoms with Gasteiger partial charge >= 0.3 is 10.6 Å². The van der Waals surface area contributed by atoms with Gasteiger partial charge in [0.1, 0.15) is 0 Å². The van der Waals surface area contributed by atoms with Crippen LogP contribution in [0.5, 0.6) is 0 Å². The minimum Gasteiger partial charge on any atom is -0.385 e. The molecule has 27 heavy (non-hydrogen) atoms. The molecule has 2 N–H and O–H groups in total. The first-order valence-electron chi connectivity index (χ1n) is 8.16. The van der Waals surface area contributed by atoms with Crippen LogP contribution in [0.1, 0.15) is 45.7 Å². The Balaban J connectivity index is 0.000000465. The highest BCUT2D eigenvalue weighted by Crippen LogP contribution is 2.36. The molecule has 3 rings (SSSR count). The Morgan fingerprint density at radius 2 is 1.11 bits per heavy atom. The lowest BCUT2D eigenvalue weighted by Gasteiger charge is -2.23. The normalized spacial score (nSPS) is 12.4. The summed E-state index contributed by atoms with van der Waals surface area (Å²) in [5.74, 6) is -0.193. The van der Waals surface area contributed by atoms with Crippen LogP contribution >= 0.6 is 0 Å². The van der Waals surface area contributed by atoms with Gasteiger partial charge in [-0.1, -0.05) is 32.0 Å². The molecule has 0 heterocycles. The molecule has 0 radical (unpaired) electrons. The summed E-state index contributed by atoms with van der Waals surface area (Å²) in [7, 11) is -5.67. The molecule has 6 nitrogen and oxygen atoms in total. The Kier molecular flexibility index (Phi) is 6.27. The van der Waals surface area contributed by atoms with Crippen LogP contribution in [0.3, 0.4) is 0 Å². The molecule has 0 amide bonds. The second-order valence-corrected chi connectivity index (χ2v) is 6.31. The first-order chi connectivity index (χ1) is 12.7. The highest BCUT2D eigenvalue weighted by molar-refractivity contribution is 7.81. The van der Waals surface area contributed by atoms with Crippen molar-refractivity contribution in [1.82, 2.24) is 0 Å². The number of benzene rings is 2. The standard InChI is InChI=1S/C18H18N2O2.F2O2S/c1-3-19-13-9-10-14(20-4-2)16-15(13)17(21)11-7-5-6-8-12(11)18(16)22;1-5(2,3)4/h5-10,19-20H,3-4H2,1-2H3;. The van der Waals surface area contributed by atoms with Crippen molar-refractivity contribution in [2.45, 2.75) is 13.8 Å². The lowest BCUT2D eigenvalue weighted by atomic mass is 9.82. The fourth-order valence-corrected chi connectivity index (χ4v) is 2.90. The van der Waals surface area contributed by atoms with Crippen molar-refractivity contribution < 1.29 is 25.8 Å². The number of hydrogen-bond donors (Lipinski definition) is 2. The number of hydrogen-bond acceptors (Lipinski definition) is 6. The van der Waals surface area contributed by atoms with Crippen LogP contribution in [0.25, 0.3) is 0 Å². The molecule has 1 aliphatic rings. The van der Waals surface area contributed by atoms with Gasteiger partial charge in [0.2, 0.25) is 0 Å². The maximum absolute atomic E-state index is 12.9. The molecule has 144 valence electrons. The van der Waals surface area contributed by atoms with Crippen molar-refractivity contribution in [1.29, 1.82) is 0 Å². The molecule has 2 aromatic rings. The van der Waals surface area contributed by atoms with E-state index in [0.29, 0.717) is 46.7 Å². The Bertz CT molecular complexity index is 919. The van der Waals surface area contributed by atoms with E-state index >= 15 is 0 Å². The third-order valence-electron chi connectivity index (χ3n) is 3.81. The number of rotatable bonds is 4. The zero-order valence-electron chi connectivity index (χ0n) is 14.7. The molecule has 1 aliphatic carbocycles. The summed E-state index contributed by atoms with van der Waals surface area (Å²) in [6.45, 7) is 5.31. The molecule has 0 saturated heterocycles. The maximum Gasteiger partial charge on any atom is 0.476 e. The van der Waals surface area contributed by atoms with Crippen LogP contribution in [0, 0.1) is 0 Å². The SMILES string of the molecule is CCNc1ccc(NCC)c2c1C(=O)c1ccccc1C2=O.O=S(=O)(F)F. The second-order valence-electron chi connectivity index (χ2n) is 5.55. The van der Waals surface area contributed by atoms with E-state index in [9.17, 15) is 17.4 Å². The molecule has 0 atom stereocenters. The Morgan fingerprint density at radius 1 is 0.778 bits per heavy atom. The van der Waals surface area contributed by atoms with Gasteiger partial charge in [0, 0.05) is 35.6 Å². The largest absolute Gasteiger partial charge is 0.476 e. The molecule has 9 heteroatoms. The molecule has 0 saturated carbocycles. The van der Waals surface area contributed by atoms with Crippen LogP contribution in [0.2, 0.25) is 0 Å². The van der Waals surface area contributed by atoms with E-state index in [1.807, 2.05) is 26.0 Å². The van der Waals surface area contributed by atoms with Crippen LogP contribution in [-0.4, -0.2) is 33.1 Å². The number of halogens is 2. The van der Waals surface area contributed by atoms with Gasteiger partial charge in [-0.2, -0.15) is 8.42 Å². The number of nitrogens with one attached hydrogen (secondary N) is 2. The predicted octanol–water partition coefficient (Wildman–Crippen LogP) is 3.50. The molecule has 0 spiro atoms. The Morgan fingerprint density at radius 3 is 1.41 bits per heavy atom. The summed E-state index contributed by atoms with van der Waals surface area (Å²) in [5, 5.41) is 6.37. The highest BCUT2D eigenvalue weighted by atomic mass is 32.3. The first kappa shape index (κ1) is 20.5. The van der Waals surface area contributed by atoms with Crippen LogP contribution in [0.4, 0.5) is 19.1 Å². The van der Waals surface area contributed by atoms with Gasteiger partial charge in [-0.05, 0) is 26.0 Å². The molecular formula is C18H18F2N2O4S. The number of anilines is 2. The van der Waals surface area contributed by atoms with Crippen molar-refractivity contribution in [3.05, 3.63) is 58.7 Å². The van der Waals surface area contributed by atoms with Gasteiger partial charge in [-0.15, -0.1) is 0 Å². The lowest BCUT2D eigenvalue weighted by Crippen LogP contribution is -2.24. The van der Waals surface area contributed by atoms with E-state index in [1.54, 1.807) is 24.3 Å². The van der Waals surface area contributed by atoms with E-state index in [0.717, 1.165) is 0 Å². The molecule has 0 fully saturated rings. The number of carbonyl (C=O) groups excluding carboxylic acids is 2. The van der Waals surface area contributed by atoms with Crippen molar-refractivity contribution in [3.8, 4) is 0 Å². The van der Waals surface area contributed by atoms with Gasteiger partial charge in [-0.3, -0.25) is 9.59 Å². The van der Waals surface area contributed by atoms with Gasteiger partial charge in [0.15, 0.2) is 11.6 Å². The number of carbonyl (C=O) groups is 2. The summed E-state index contributed by atoms with van der Waals surface area (Å²) in [5.41, 5.74) is 3.34. The highest BCUT2D eigenvalue weighted by Gasteiger charge is 2.33. The van der Waals surface area contributed by atoms with Crippen LogP contribution < -0.4 is 10.6 Å². The maximum atomic E-state index is 12.9. The van der Waals surface area contributed by atoms with E-state index in [1.165, 1.54) is 0 Å². The minimum absolute atomic E-state index is 0.0964. The van der Waals surface area contributed by atoms with Crippen molar-refractivity contribution >= 4 is 33.6 Å². The lowest BCUT2D eigenvalue weighted by molar-refractivity contribution is 0.0980. The van der Waals surface area contributed by atoms with E-state index < -0.39 is 10.6 Å². The van der Waals surface area contributed by atoms with E-state index in [-0.39, 0.29) is 11.6 Å². The van der Waals surface area contributed by atoms with Crippen molar-refractivity contribution in [3.63, 3.8) is 0 Å². The summed E-state index contributed by atoms with van der Waals surface area (Å²) in [6, 6.07) is 10.7. The number of fused-ring (bicyclic) bond motifs is 2. The average molecular weight is 396 g/mol. The Labute approximate surface area is 156 Å². The molecule has 0 unspecified atom stereocenters. The topological polar surface area (TPSA) is 92.3 Å². The molecule has 2 aromatic carbocycles. The van der Waals surface area contributed by atoms with E-state index in [2.05, 4.69) is 10.6 Å². The smallest absolute Gasteiger partial charge is 0.385 e. The van der Waals surface area contributed by atoms with Gasteiger partial charge in [-0.25, -0.2) is 0 Å². The zero-order valence-corrected chi connectivity index (χ0v) is 15.5. The fourth-order valence-electron chi connectivity index (χ4n) is 2.90. The summed E-state index contributed by atoms with van der Waals surface area (Å²) in [4.78, 5) is 25.8. The van der Waals surface area contributed by atoms with E-state index in [4.69, 9.17) is 8.42 Å². The monoisotopic (exact) mass is 396 g/mol. The summed E-state index contributed by atoms with van der Waals surface area (Å²) < 4.78 is 36.6. The average Bonchev–Trinajstić information content (AvgIpc) is 2.60. The summed E-state index contributed by atoms with van der Waals surface area (Å²) in [6.07, 6.45) is 0. The first-order valence-corrected chi connectivity index (χ1v) is 9.44. The molecule has 0 aliphatic heterocycles. The van der Waals surface area contributed by atoms with Gasteiger partial charge in [0.05, 0.1) is 11.1 Å². The third kappa shape index (κ3) is 4.68. The molecular weight excluding hydrogens is 378 g/mol. The van der Waals surface area contributed by atoms with Crippen molar-refractivity contribution in [2.75, 3.05) is 23.7 Å². The second kappa shape index (κ2) is 8.26. The number of ketones is 2. The Hall–Kier alpha value is -2.81. The third-order valence-corrected chi connectivity index (χ3v) is 3.81.